The van der Waals surface area contributed by atoms with Crippen LogP contribution in [0.1, 0.15) is 72.1 Å². The normalized spacial score (nSPS) is 49.1. The van der Waals surface area contributed by atoms with Gasteiger partial charge in [0.15, 0.2) is 6.61 Å². The molecule has 0 aromatic rings. The molecule has 6 saturated carbocycles. The molecule has 14 unspecified atom stereocenters. The van der Waals surface area contributed by atoms with E-state index in [1.54, 1.807) is 6.92 Å². The highest BCUT2D eigenvalue weighted by Gasteiger charge is 2.72. The molecule has 7 fully saturated rings. The lowest BCUT2D eigenvalue weighted by Gasteiger charge is -2.46. The molecule has 7 rings (SSSR count). The lowest BCUT2D eigenvalue weighted by Crippen LogP contribution is -2.50. The predicted octanol–water partition coefficient (Wildman–Crippen LogP) is 4.25. The van der Waals surface area contributed by atoms with Crippen LogP contribution in [0.3, 0.4) is 0 Å². The lowest BCUT2D eigenvalue weighted by molar-refractivity contribution is -0.186. The molecule has 7 aliphatic rings. The highest BCUT2D eigenvalue weighted by molar-refractivity contribution is 14.1. The fourth-order valence-corrected chi connectivity index (χ4v) is 10.8. The van der Waals surface area contributed by atoms with Crippen LogP contribution < -0.4 is 0 Å². The first-order valence-electron chi connectivity index (χ1n) is 15.1. The molecule has 0 radical (unpaired) electrons. The van der Waals surface area contributed by atoms with Crippen molar-refractivity contribution in [2.75, 3.05) is 6.61 Å². The second-order valence-corrected chi connectivity index (χ2v) is 16.1. The fourth-order valence-electron chi connectivity index (χ4n) is 10.6. The van der Waals surface area contributed by atoms with Crippen LogP contribution in [0, 0.1) is 59.2 Å². The zero-order valence-corrected chi connectivity index (χ0v) is 25.1. The number of hydrogen-bond donors (Lipinski definition) is 0. The van der Waals surface area contributed by atoms with Crippen LogP contribution >= 0.6 is 22.6 Å². The Morgan fingerprint density at radius 1 is 1.05 bits per heavy atom. The van der Waals surface area contributed by atoms with Crippen molar-refractivity contribution >= 4 is 46.5 Å². The number of carbonyl (C=O) groups is 4. The predicted molar refractivity (Wildman–Crippen MR) is 145 cm³/mol. The Balaban J connectivity index is 1.05. The molecule has 6 bridgehead atoms. The number of fused-ring (bicyclic) bond motifs is 10. The molecule has 8 nitrogen and oxygen atoms in total. The third kappa shape index (κ3) is 3.72. The minimum Gasteiger partial charge on any atom is -0.459 e. The van der Waals surface area contributed by atoms with E-state index in [9.17, 15) is 19.2 Å². The number of rotatable bonds is 8. The molecular formula is C30H39IO8. The number of esters is 4. The summed E-state index contributed by atoms with van der Waals surface area (Å²) < 4.78 is 22.5. The maximum atomic E-state index is 14.0. The van der Waals surface area contributed by atoms with Crippen molar-refractivity contribution in [3.05, 3.63) is 0 Å². The Hall–Kier alpha value is -1.39. The van der Waals surface area contributed by atoms with Crippen molar-refractivity contribution in [2.45, 2.75) is 93.4 Å². The first-order chi connectivity index (χ1) is 18.6. The van der Waals surface area contributed by atoms with Crippen LogP contribution in [0.2, 0.25) is 0 Å². The van der Waals surface area contributed by atoms with E-state index in [1.165, 1.54) is 25.7 Å². The quantitative estimate of drug-likeness (QED) is 0.126. The highest BCUT2D eigenvalue weighted by atomic mass is 127. The van der Waals surface area contributed by atoms with E-state index in [2.05, 4.69) is 6.92 Å². The van der Waals surface area contributed by atoms with Gasteiger partial charge in [-0.2, -0.15) is 0 Å². The zero-order chi connectivity index (χ0) is 27.4. The lowest BCUT2D eigenvalue weighted by atomic mass is 9.65. The van der Waals surface area contributed by atoms with E-state index in [0.717, 1.165) is 30.6 Å². The van der Waals surface area contributed by atoms with Crippen LogP contribution in [0.15, 0.2) is 0 Å². The average Bonchev–Trinajstić information content (AvgIpc) is 3.74. The minimum atomic E-state index is -0.722. The van der Waals surface area contributed by atoms with Gasteiger partial charge in [-0.05, 0) is 87.9 Å². The molecule has 9 heteroatoms. The first-order valence-corrected chi connectivity index (χ1v) is 16.2. The standard InChI is InChI=1S/C30H39IO8/c1-4-29(3,31)28(35)36-12-19(32)37-24-17-10-16-22(26(33)38-25(16)24)23(17)27(34)39-30(5-2)11-15-9-18(30)21-14-7-6-13(8-14)20(15)21/h13-18,20-25H,4-12H2,1-3H3. The number of alkyl halides is 1. The van der Waals surface area contributed by atoms with Crippen molar-refractivity contribution in [3.8, 4) is 0 Å². The van der Waals surface area contributed by atoms with E-state index in [0.29, 0.717) is 30.6 Å². The van der Waals surface area contributed by atoms with Crippen molar-refractivity contribution in [1.29, 1.82) is 0 Å². The monoisotopic (exact) mass is 654 g/mol. The van der Waals surface area contributed by atoms with Crippen LogP contribution in [-0.2, 0) is 38.1 Å². The van der Waals surface area contributed by atoms with Gasteiger partial charge in [0.05, 0.1) is 11.8 Å². The summed E-state index contributed by atoms with van der Waals surface area (Å²) in [5.41, 5.74) is -0.442. The summed E-state index contributed by atoms with van der Waals surface area (Å²) >= 11 is 2.01. The molecule has 6 aliphatic carbocycles. The molecular weight excluding hydrogens is 615 g/mol. The largest absolute Gasteiger partial charge is 0.459 e. The van der Waals surface area contributed by atoms with E-state index < -0.39 is 51.6 Å². The molecule has 0 aromatic heterocycles. The molecule has 1 heterocycles. The average molecular weight is 655 g/mol. The molecule has 214 valence electrons. The summed E-state index contributed by atoms with van der Waals surface area (Å²) in [6.07, 6.45) is 6.88. The summed E-state index contributed by atoms with van der Waals surface area (Å²) in [6, 6.07) is 0. The second-order valence-electron chi connectivity index (χ2n) is 13.7. The molecule has 39 heavy (non-hydrogen) atoms. The van der Waals surface area contributed by atoms with Crippen molar-refractivity contribution in [3.63, 3.8) is 0 Å². The number of ether oxygens (including phenoxy) is 4. The molecule has 0 amide bonds. The van der Waals surface area contributed by atoms with Crippen LogP contribution in [0.4, 0.5) is 0 Å². The van der Waals surface area contributed by atoms with Gasteiger partial charge in [0.1, 0.15) is 21.2 Å². The van der Waals surface area contributed by atoms with Gasteiger partial charge in [-0.1, -0.05) is 36.4 Å². The Kier molecular flexibility index (Phi) is 6.15. The molecule has 14 atom stereocenters. The second kappa shape index (κ2) is 9.05. The van der Waals surface area contributed by atoms with Gasteiger partial charge in [-0.15, -0.1) is 0 Å². The molecule has 0 N–H and O–H groups in total. The van der Waals surface area contributed by atoms with E-state index >= 15 is 0 Å². The Labute approximate surface area is 243 Å². The Morgan fingerprint density at radius 2 is 1.79 bits per heavy atom. The molecule has 0 spiro atoms. The third-order valence-corrected chi connectivity index (χ3v) is 13.5. The van der Waals surface area contributed by atoms with Gasteiger partial charge in [0.2, 0.25) is 0 Å². The molecule has 1 saturated heterocycles. The van der Waals surface area contributed by atoms with E-state index in [-0.39, 0.29) is 23.8 Å². The summed E-state index contributed by atoms with van der Waals surface area (Å²) in [7, 11) is 0. The van der Waals surface area contributed by atoms with Gasteiger partial charge in [0, 0.05) is 17.8 Å². The Morgan fingerprint density at radius 3 is 2.51 bits per heavy atom. The van der Waals surface area contributed by atoms with Crippen molar-refractivity contribution < 1.29 is 38.1 Å². The van der Waals surface area contributed by atoms with E-state index in [1.807, 2.05) is 29.5 Å². The first kappa shape index (κ1) is 26.5. The van der Waals surface area contributed by atoms with E-state index in [4.69, 9.17) is 18.9 Å². The van der Waals surface area contributed by atoms with Crippen molar-refractivity contribution in [1.82, 2.24) is 0 Å². The fraction of sp³-hybridized carbons (Fsp3) is 0.867. The molecule has 1 aliphatic heterocycles. The summed E-state index contributed by atoms with van der Waals surface area (Å²) in [4.78, 5) is 51.9. The summed E-state index contributed by atoms with van der Waals surface area (Å²) in [5.74, 6) is 0.745. The molecule has 0 aromatic carbocycles. The third-order valence-electron chi connectivity index (χ3n) is 12.3. The van der Waals surface area contributed by atoms with Gasteiger partial charge >= 0.3 is 23.9 Å². The van der Waals surface area contributed by atoms with Gasteiger partial charge < -0.3 is 18.9 Å². The van der Waals surface area contributed by atoms with Crippen LogP contribution in [-0.4, -0.2) is 51.7 Å². The maximum absolute atomic E-state index is 14.0. The SMILES string of the molecule is CCC(C)(I)C(=O)OCC(=O)OC1C2CC3C1OC(=O)C3C2C(=O)OC1(CC)CC2CC1C1C3CCC(C3)C21. The highest BCUT2D eigenvalue weighted by Crippen LogP contribution is 2.71. The smallest absolute Gasteiger partial charge is 0.344 e. The summed E-state index contributed by atoms with van der Waals surface area (Å²) in [6.45, 7) is 5.27. The van der Waals surface area contributed by atoms with Crippen LogP contribution in [0.5, 0.6) is 0 Å². The maximum Gasteiger partial charge on any atom is 0.344 e. The zero-order valence-electron chi connectivity index (χ0n) is 22.9. The van der Waals surface area contributed by atoms with Gasteiger partial charge in [0.25, 0.3) is 0 Å². The minimum absolute atomic E-state index is 0.148. The summed E-state index contributed by atoms with van der Waals surface area (Å²) in [5, 5.41) is 0. The Bertz CT molecular complexity index is 1100. The van der Waals surface area contributed by atoms with Crippen molar-refractivity contribution in [2.24, 2.45) is 59.2 Å². The van der Waals surface area contributed by atoms with Crippen LogP contribution in [0.25, 0.3) is 0 Å². The number of halogens is 1. The number of hydrogen-bond acceptors (Lipinski definition) is 8. The van der Waals surface area contributed by atoms with Gasteiger partial charge in [-0.3, -0.25) is 14.4 Å². The van der Waals surface area contributed by atoms with Gasteiger partial charge in [-0.25, -0.2) is 4.79 Å². The topological polar surface area (TPSA) is 105 Å². The number of carbonyl (C=O) groups excluding carboxylic acids is 4.